The highest BCUT2D eigenvalue weighted by molar-refractivity contribution is 6.39. The van der Waals surface area contributed by atoms with Crippen LogP contribution in [0.4, 0.5) is 5.69 Å². The van der Waals surface area contributed by atoms with Gasteiger partial charge < -0.3 is 23.7 Å². The SMILES string of the molecule is CC(=O)Oc1cccc(N2C(=O)[C@@H]3[C@@H](C2=O)[C@@]2(c4ccccc4)C(=O)[C@@]3(c3ccccc3)C(c3ccc4c(c3)OCO4)=C2c2ccc3c(c2)OCO3)c1. The number of rotatable bonds is 6. The third-order valence-electron chi connectivity index (χ3n) is 11.1. The number of anilines is 1. The average Bonchev–Trinajstić information content (AvgIpc) is 3.98. The summed E-state index contributed by atoms with van der Waals surface area (Å²) >= 11 is 0. The van der Waals surface area contributed by atoms with E-state index >= 15 is 14.4 Å². The number of allylic oxidation sites excluding steroid dienone is 2. The molecule has 3 aliphatic heterocycles. The van der Waals surface area contributed by atoms with Gasteiger partial charge in [0, 0.05) is 13.0 Å². The van der Waals surface area contributed by atoms with Crippen molar-refractivity contribution in [2.75, 3.05) is 18.5 Å². The molecule has 5 aliphatic rings. The Bertz CT molecular complexity index is 2320. The van der Waals surface area contributed by atoms with Crippen LogP contribution in [-0.2, 0) is 30.0 Å². The van der Waals surface area contributed by atoms with Crippen molar-refractivity contribution in [3.05, 3.63) is 144 Å². The van der Waals surface area contributed by atoms with Gasteiger partial charge in [-0.3, -0.25) is 19.2 Å². The number of amides is 2. The fourth-order valence-electron chi connectivity index (χ4n) is 9.33. The lowest BCUT2D eigenvalue weighted by Crippen LogP contribution is -2.45. The minimum Gasteiger partial charge on any atom is -0.454 e. The Balaban J connectivity index is 1.33. The molecule has 3 heterocycles. The summed E-state index contributed by atoms with van der Waals surface area (Å²) in [6, 6.07) is 35.9. The number of ether oxygens (including phenoxy) is 5. The summed E-state index contributed by atoms with van der Waals surface area (Å²) in [6.45, 7) is 1.37. The Labute approximate surface area is 303 Å². The lowest BCUT2D eigenvalue weighted by atomic mass is 9.59. The van der Waals surface area contributed by atoms with Crippen molar-refractivity contribution in [1.82, 2.24) is 0 Å². The van der Waals surface area contributed by atoms with E-state index in [4.69, 9.17) is 23.7 Å². The third kappa shape index (κ3) is 4.03. The van der Waals surface area contributed by atoms with E-state index in [0.717, 1.165) is 4.90 Å². The maximum Gasteiger partial charge on any atom is 0.308 e. The molecule has 10 heteroatoms. The van der Waals surface area contributed by atoms with E-state index in [-0.39, 0.29) is 30.8 Å². The lowest BCUT2D eigenvalue weighted by molar-refractivity contribution is -0.132. The molecular formula is C43H29NO9. The third-order valence-corrected chi connectivity index (χ3v) is 11.1. The first kappa shape index (κ1) is 31.1. The van der Waals surface area contributed by atoms with Gasteiger partial charge in [-0.15, -0.1) is 0 Å². The van der Waals surface area contributed by atoms with Gasteiger partial charge in [-0.1, -0.05) is 78.9 Å². The van der Waals surface area contributed by atoms with E-state index in [9.17, 15) is 4.79 Å². The van der Waals surface area contributed by atoms with E-state index in [1.165, 1.54) is 13.0 Å². The number of ketones is 1. The molecule has 260 valence electrons. The summed E-state index contributed by atoms with van der Waals surface area (Å²) in [5.74, 6) is -1.87. The van der Waals surface area contributed by atoms with Gasteiger partial charge in [0.2, 0.25) is 25.4 Å². The molecule has 1 saturated heterocycles. The van der Waals surface area contributed by atoms with Crippen LogP contribution in [0.5, 0.6) is 28.7 Å². The van der Waals surface area contributed by atoms with E-state index in [1.807, 2.05) is 84.9 Å². The molecule has 1 saturated carbocycles. The van der Waals surface area contributed by atoms with Crippen LogP contribution in [0.15, 0.2) is 121 Å². The normalized spacial score (nSPS) is 24.6. The number of fused-ring (bicyclic) bond motifs is 7. The number of carbonyl (C=O) groups excluding carboxylic acids is 4. The summed E-state index contributed by atoms with van der Waals surface area (Å²) in [7, 11) is 0. The molecule has 2 aliphatic carbocycles. The van der Waals surface area contributed by atoms with Crippen LogP contribution in [0.25, 0.3) is 11.1 Å². The predicted octanol–water partition coefficient (Wildman–Crippen LogP) is 6.26. The molecule has 0 aromatic heterocycles. The number of benzene rings is 5. The molecule has 10 nitrogen and oxygen atoms in total. The summed E-state index contributed by atoms with van der Waals surface area (Å²) in [5, 5.41) is 0. The fourth-order valence-corrected chi connectivity index (χ4v) is 9.33. The van der Waals surface area contributed by atoms with Gasteiger partial charge in [-0.2, -0.15) is 0 Å². The highest BCUT2D eigenvalue weighted by Crippen LogP contribution is 2.74. The zero-order valence-electron chi connectivity index (χ0n) is 28.2. The number of hydrogen-bond donors (Lipinski definition) is 0. The van der Waals surface area contributed by atoms with Gasteiger partial charge in [-0.25, -0.2) is 4.90 Å². The molecule has 0 unspecified atom stereocenters. The highest BCUT2D eigenvalue weighted by Gasteiger charge is 2.82. The number of Topliss-reactive ketones (excluding diaryl/α,β-unsaturated/α-hetero) is 1. The van der Waals surface area contributed by atoms with Gasteiger partial charge in [0.05, 0.1) is 28.4 Å². The minimum absolute atomic E-state index is 0.0443. The number of carbonyl (C=O) groups is 4. The second-order valence-corrected chi connectivity index (χ2v) is 13.6. The van der Waals surface area contributed by atoms with Crippen LogP contribution in [0.1, 0.15) is 29.2 Å². The van der Waals surface area contributed by atoms with Crippen LogP contribution in [-0.4, -0.2) is 37.2 Å². The smallest absolute Gasteiger partial charge is 0.308 e. The first-order chi connectivity index (χ1) is 25.8. The Kier molecular flexibility index (Phi) is 6.54. The van der Waals surface area contributed by atoms with Gasteiger partial charge in [-0.05, 0) is 69.8 Å². The summed E-state index contributed by atoms with van der Waals surface area (Å²) in [6.07, 6.45) is 0. The zero-order chi connectivity index (χ0) is 36.1. The van der Waals surface area contributed by atoms with Gasteiger partial charge in [0.1, 0.15) is 5.75 Å². The minimum atomic E-state index is -1.64. The number of nitrogens with zero attached hydrogens (tertiary/aromatic N) is 1. The van der Waals surface area contributed by atoms with E-state index < -0.39 is 40.4 Å². The van der Waals surface area contributed by atoms with Crippen molar-refractivity contribution >= 4 is 40.4 Å². The van der Waals surface area contributed by atoms with Crippen molar-refractivity contribution in [2.24, 2.45) is 11.8 Å². The van der Waals surface area contributed by atoms with E-state index in [1.54, 1.807) is 30.3 Å². The first-order valence-corrected chi connectivity index (χ1v) is 17.2. The molecule has 2 bridgehead atoms. The van der Waals surface area contributed by atoms with Gasteiger partial charge >= 0.3 is 5.97 Å². The fraction of sp³-hybridized carbons (Fsp3) is 0.163. The summed E-state index contributed by atoms with van der Waals surface area (Å²) < 4.78 is 28.5. The monoisotopic (exact) mass is 703 g/mol. The Morgan fingerprint density at radius 3 is 1.58 bits per heavy atom. The summed E-state index contributed by atoms with van der Waals surface area (Å²) in [5.41, 5.74) is 0.584. The largest absolute Gasteiger partial charge is 0.454 e. The predicted molar refractivity (Wildman–Crippen MR) is 190 cm³/mol. The quantitative estimate of drug-likeness (QED) is 0.115. The van der Waals surface area contributed by atoms with Crippen LogP contribution in [0, 0.1) is 11.8 Å². The first-order valence-electron chi connectivity index (χ1n) is 17.2. The Morgan fingerprint density at radius 1 is 0.604 bits per heavy atom. The molecule has 0 N–H and O–H groups in total. The molecule has 2 fully saturated rings. The van der Waals surface area contributed by atoms with Crippen molar-refractivity contribution in [1.29, 1.82) is 0 Å². The van der Waals surface area contributed by atoms with Crippen LogP contribution < -0.4 is 28.6 Å². The molecule has 2 amide bonds. The molecule has 0 radical (unpaired) electrons. The maximum atomic E-state index is 16.2. The van der Waals surface area contributed by atoms with Crippen molar-refractivity contribution in [3.63, 3.8) is 0 Å². The second-order valence-electron chi connectivity index (χ2n) is 13.6. The zero-order valence-corrected chi connectivity index (χ0v) is 28.2. The van der Waals surface area contributed by atoms with Crippen LogP contribution in [0.3, 0.4) is 0 Å². The standard InChI is InChI=1S/C43H29NO9/c1-24(45)53-30-14-8-13-29(21-30)44-39(46)37-38(40(44)47)43(28-11-6-3-7-12-28)36(26-16-18-32-34(20-26)52-23-50-32)35(25-15-17-31-33(19-25)51-22-49-31)42(37,41(43)48)27-9-4-2-5-10-27/h2-21,37-38H,22-23H2,1H3/t37-,38-,42-,43-/m0/s1. The van der Waals surface area contributed by atoms with Gasteiger partial charge in [0.15, 0.2) is 28.8 Å². The number of imide groups is 1. The van der Waals surface area contributed by atoms with Crippen molar-refractivity contribution < 1.29 is 42.9 Å². The number of hydrogen-bond acceptors (Lipinski definition) is 9. The Hall–Kier alpha value is -6.68. The van der Waals surface area contributed by atoms with Crippen molar-refractivity contribution in [2.45, 2.75) is 17.8 Å². The molecular weight excluding hydrogens is 674 g/mol. The van der Waals surface area contributed by atoms with Crippen LogP contribution in [0.2, 0.25) is 0 Å². The highest BCUT2D eigenvalue weighted by atomic mass is 16.7. The van der Waals surface area contributed by atoms with Gasteiger partial charge in [0.25, 0.3) is 0 Å². The molecule has 53 heavy (non-hydrogen) atoms. The molecule has 10 rings (SSSR count). The van der Waals surface area contributed by atoms with E-state index in [2.05, 4.69) is 0 Å². The second kappa shape index (κ2) is 11.2. The Morgan fingerprint density at radius 2 is 1.09 bits per heavy atom. The average molecular weight is 704 g/mol. The van der Waals surface area contributed by atoms with Crippen molar-refractivity contribution in [3.8, 4) is 28.7 Å². The molecule has 5 aromatic rings. The lowest BCUT2D eigenvalue weighted by Gasteiger charge is -2.39. The maximum absolute atomic E-state index is 16.2. The van der Waals surface area contributed by atoms with E-state index in [0.29, 0.717) is 56.4 Å². The summed E-state index contributed by atoms with van der Waals surface area (Å²) in [4.78, 5) is 59.9. The molecule has 5 aromatic carbocycles. The number of esters is 1. The molecule has 0 spiro atoms. The molecule has 4 atom stereocenters. The van der Waals surface area contributed by atoms with Crippen LogP contribution >= 0.6 is 0 Å². The topological polar surface area (TPSA) is 118 Å².